The van der Waals surface area contributed by atoms with Gasteiger partial charge in [-0.25, -0.2) is 0 Å². The molecule has 0 fully saturated rings. The topological polar surface area (TPSA) is 55.8 Å². The maximum absolute atomic E-state index is 11.1. The molecule has 0 aliphatic heterocycles. The van der Waals surface area contributed by atoms with Gasteiger partial charge in [0, 0.05) is 12.0 Å². The van der Waals surface area contributed by atoms with E-state index in [1.807, 2.05) is 30.3 Å². The third-order valence-electron chi connectivity index (χ3n) is 4.95. The molecule has 1 unspecified atom stereocenters. The van der Waals surface area contributed by atoms with Crippen LogP contribution in [-0.2, 0) is 9.53 Å². The number of methoxy groups -OCH3 is 1. The smallest absolute Gasteiger partial charge is 0.305 e. The molecule has 26 heavy (non-hydrogen) atoms. The largest absolute Gasteiger partial charge is 0.543 e. The number of unbranched alkanes of at least 4 members (excludes halogenated alkanes) is 1. The summed E-state index contributed by atoms with van der Waals surface area (Å²) < 4.78 is 11.0. The fourth-order valence-electron chi connectivity index (χ4n) is 2.17. The highest BCUT2D eigenvalue weighted by Crippen LogP contribution is 2.38. The summed E-state index contributed by atoms with van der Waals surface area (Å²) >= 11 is 0. The molecule has 1 N–H and O–H groups in total. The molecule has 1 aromatic carbocycles. The number of carbonyl (C=O) groups excluding carboxylic acids is 1. The van der Waals surface area contributed by atoms with Crippen LogP contribution in [0.3, 0.4) is 0 Å². The number of hydrogen-bond donors (Lipinski definition) is 1. The molecule has 1 aromatic rings. The molecule has 0 saturated carbocycles. The number of para-hydroxylation sites is 1. The second kappa shape index (κ2) is 9.93. The highest BCUT2D eigenvalue weighted by molar-refractivity contribution is 6.74. The number of rotatable bonds is 9. The Hall–Kier alpha value is -1.59. The van der Waals surface area contributed by atoms with E-state index in [1.165, 1.54) is 7.11 Å². The second-order valence-corrected chi connectivity index (χ2v) is 12.9. The number of esters is 1. The highest BCUT2D eigenvalue weighted by Gasteiger charge is 2.39. The van der Waals surface area contributed by atoms with Crippen LogP contribution in [0.5, 0.6) is 5.75 Å². The van der Waals surface area contributed by atoms with Gasteiger partial charge in [-0.05, 0) is 43.5 Å². The van der Waals surface area contributed by atoms with Gasteiger partial charge in [0.1, 0.15) is 5.75 Å². The van der Waals surface area contributed by atoms with Crippen LogP contribution in [0, 0.1) is 0 Å². The molecule has 1 rings (SSSR count). The second-order valence-electron chi connectivity index (χ2n) is 8.15. The van der Waals surface area contributed by atoms with Gasteiger partial charge in [-0.15, -0.1) is 0 Å². The molecule has 0 spiro atoms. The molecule has 0 radical (unpaired) electrons. The quantitative estimate of drug-likeness (QED) is 0.365. The third-order valence-corrected chi connectivity index (χ3v) is 9.29. The number of aliphatic hydroxyl groups is 1. The van der Waals surface area contributed by atoms with E-state index in [0.717, 1.165) is 24.2 Å². The zero-order valence-corrected chi connectivity index (χ0v) is 18.0. The van der Waals surface area contributed by atoms with Crippen LogP contribution in [0.1, 0.15) is 52.0 Å². The van der Waals surface area contributed by atoms with Gasteiger partial charge >= 0.3 is 5.97 Å². The van der Waals surface area contributed by atoms with Gasteiger partial charge in [0.05, 0.1) is 13.2 Å². The van der Waals surface area contributed by atoms with Crippen molar-refractivity contribution in [2.45, 2.75) is 70.7 Å². The summed E-state index contributed by atoms with van der Waals surface area (Å²) in [6.45, 7) is 11.1. The van der Waals surface area contributed by atoms with Gasteiger partial charge in [-0.3, -0.25) is 4.79 Å². The molecule has 0 aromatic heterocycles. The minimum Gasteiger partial charge on any atom is -0.543 e. The van der Waals surface area contributed by atoms with Crippen LogP contribution >= 0.6 is 0 Å². The summed E-state index contributed by atoms with van der Waals surface area (Å²) in [5.74, 6) is 0.667. The van der Waals surface area contributed by atoms with Crippen LogP contribution in [0.25, 0.3) is 6.08 Å². The molecule has 0 heterocycles. The normalized spacial score (nSPS) is 13.7. The predicted molar refractivity (Wildman–Crippen MR) is 110 cm³/mol. The average Bonchev–Trinajstić information content (AvgIpc) is 2.56. The Labute approximate surface area is 159 Å². The van der Waals surface area contributed by atoms with Crippen LogP contribution in [-0.4, -0.2) is 32.6 Å². The molecule has 0 saturated heterocycles. The summed E-state index contributed by atoms with van der Waals surface area (Å²) in [7, 11) is -0.522. The minimum absolute atomic E-state index is 0.128. The van der Waals surface area contributed by atoms with E-state index in [4.69, 9.17) is 4.43 Å². The molecule has 0 aliphatic carbocycles. The first-order chi connectivity index (χ1) is 12.1. The SMILES string of the molecule is COC(=O)CCCCC(O)/C=C/c1ccccc1O[Si](C)(C)C(C)(C)C. The van der Waals surface area contributed by atoms with Crippen LogP contribution in [0.15, 0.2) is 30.3 Å². The van der Waals surface area contributed by atoms with Gasteiger partial charge in [0.2, 0.25) is 0 Å². The first-order valence-corrected chi connectivity index (χ1v) is 12.2. The maximum Gasteiger partial charge on any atom is 0.305 e. The van der Waals surface area contributed by atoms with Crippen molar-refractivity contribution in [3.63, 3.8) is 0 Å². The van der Waals surface area contributed by atoms with E-state index in [9.17, 15) is 9.90 Å². The lowest BCUT2D eigenvalue weighted by atomic mass is 10.1. The first kappa shape index (κ1) is 22.4. The van der Waals surface area contributed by atoms with Crippen molar-refractivity contribution in [2.75, 3.05) is 7.11 Å². The maximum atomic E-state index is 11.1. The molecule has 0 amide bonds. The Morgan fingerprint density at radius 3 is 2.50 bits per heavy atom. The van der Waals surface area contributed by atoms with Gasteiger partial charge in [-0.1, -0.05) is 51.1 Å². The summed E-state index contributed by atoms with van der Waals surface area (Å²) in [5, 5.41) is 10.3. The average molecular weight is 379 g/mol. The Kier molecular flexibility index (Phi) is 8.57. The van der Waals surface area contributed by atoms with Crippen LogP contribution in [0.2, 0.25) is 18.1 Å². The lowest BCUT2D eigenvalue weighted by Gasteiger charge is -2.36. The summed E-state index contributed by atoms with van der Waals surface area (Å²) in [5.41, 5.74) is 0.978. The molecular formula is C21H34O4Si. The standard InChI is InChI=1S/C21H34O4Si/c1-21(2,3)26(5,6)25-19-13-9-7-11-17(19)15-16-18(22)12-8-10-14-20(23)24-4/h7,9,11,13,15-16,18,22H,8,10,12,14H2,1-6H3/b16-15+. The number of ether oxygens (including phenoxy) is 1. The van der Waals surface area contributed by atoms with Crippen molar-refractivity contribution in [3.8, 4) is 5.75 Å². The summed E-state index contributed by atoms with van der Waals surface area (Å²) in [6.07, 6.45) is 5.72. The van der Waals surface area contributed by atoms with Crippen molar-refractivity contribution < 1.29 is 19.1 Å². The van der Waals surface area contributed by atoms with Crippen LogP contribution < -0.4 is 4.43 Å². The van der Waals surface area contributed by atoms with Crippen molar-refractivity contribution in [1.82, 2.24) is 0 Å². The number of hydrogen-bond acceptors (Lipinski definition) is 4. The Balaban J connectivity index is 2.67. The van der Waals surface area contributed by atoms with E-state index >= 15 is 0 Å². The molecule has 146 valence electrons. The third kappa shape index (κ3) is 7.34. The van der Waals surface area contributed by atoms with E-state index in [0.29, 0.717) is 12.8 Å². The van der Waals surface area contributed by atoms with Gasteiger partial charge < -0.3 is 14.3 Å². The minimum atomic E-state index is -1.91. The summed E-state index contributed by atoms with van der Waals surface area (Å²) in [4.78, 5) is 11.1. The van der Waals surface area contributed by atoms with Crippen LogP contribution in [0.4, 0.5) is 0 Å². The lowest BCUT2D eigenvalue weighted by molar-refractivity contribution is -0.140. The fraction of sp³-hybridized carbons (Fsp3) is 0.571. The monoisotopic (exact) mass is 378 g/mol. The zero-order chi connectivity index (χ0) is 19.8. The van der Waals surface area contributed by atoms with E-state index in [2.05, 4.69) is 38.6 Å². The van der Waals surface area contributed by atoms with Crippen molar-refractivity contribution in [1.29, 1.82) is 0 Å². The van der Waals surface area contributed by atoms with Gasteiger partial charge in [0.25, 0.3) is 8.32 Å². The first-order valence-electron chi connectivity index (χ1n) is 9.28. The fourth-order valence-corrected chi connectivity index (χ4v) is 3.22. The lowest BCUT2D eigenvalue weighted by Crippen LogP contribution is -2.44. The van der Waals surface area contributed by atoms with Crippen molar-refractivity contribution in [2.24, 2.45) is 0 Å². The Morgan fingerprint density at radius 2 is 1.88 bits per heavy atom. The van der Waals surface area contributed by atoms with E-state index in [-0.39, 0.29) is 11.0 Å². The Morgan fingerprint density at radius 1 is 1.23 bits per heavy atom. The molecule has 1 atom stereocenters. The highest BCUT2D eigenvalue weighted by atomic mass is 28.4. The van der Waals surface area contributed by atoms with Gasteiger partial charge in [0.15, 0.2) is 0 Å². The molecule has 0 bridgehead atoms. The van der Waals surface area contributed by atoms with Crippen molar-refractivity contribution in [3.05, 3.63) is 35.9 Å². The molecule has 5 heteroatoms. The van der Waals surface area contributed by atoms with Gasteiger partial charge in [-0.2, -0.15) is 0 Å². The van der Waals surface area contributed by atoms with E-state index < -0.39 is 14.4 Å². The zero-order valence-electron chi connectivity index (χ0n) is 17.0. The number of carbonyl (C=O) groups is 1. The molecule has 0 aliphatic rings. The van der Waals surface area contributed by atoms with Crippen molar-refractivity contribution >= 4 is 20.4 Å². The number of aliphatic hydroxyl groups excluding tert-OH is 1. The summed E-state index contributed by atoms with van der Waals surface area (Å²) in [6, 6.07) is 7.94. The molecule has 4 nitrogen and oxygen atoms in total. The number of benzene rings is 1. The molecular weight excluding hydrogens is 344 g/mol. The Bertz CT molecular complexity index is 602. The predicted octanol–water partition coefficient (Wildman–Crippen LogP) is 5.18. The van der Waals surface area contributed by atoms with E-state index in [1.54, 1.807) is 6.08 Å².